The number of carbonyl (C=O) groups is 1. The van der Waals surface area contributed by atoms with Crippen molar-refractivity contribution < 1.29 is 14.6 Å². The van der Waals surface area contributed by atoms with E-state index in [9.17, 15) is 9.90 Å². The molecule has 3 N–H and O–H groups in total. The van der Waals surface area contributed by atoms with Crippen LogP contribution in [0.3, 0.4) is 0 Å². The van der Waals surface area contributed by atoms with Crippen LogP contribution in [-0.2, 0) is 5.41 Å². The van der Waals surface area contributed by atoms with Gasteiger partial charge in [-0.3, -0.25) is 10.1 Å². The van der Waals surface area contributed by atoms with Crippen molar-refractivity contribution in [2.24, 2.45) is 0 Å². The molecule has 3 rings (SSSR count). The number of hydrogen-bond acceptors (Lipinski definition) is 6. The smallest absolute Gasteiger partial charge is 0.270 e. The third kappa shape index (κ3) is 5.53. The first-order valence-electron chi connectivity index (χ1n) is 12.3. The van der Waals surface area contributed by atoms with Gasteiger partial charge >= 0.3 is 0 Å². The minimum Gasteiger partial charge on any atom is -0.490 e. The number of hydrogen-bond donors (Lipinski definition) is 3. The molecule has 0 bridgehead atoms. The number of aromatic nitrogens is 4. The van der Waals surface area contributed by atoms with E-state index < -0.39 is 5.60 Å². The number of ether oxygens (including phenoxy) is 1. The highest BCUT2D eigenvalue weighted by Crippen LogP contribution is 2.41. The van der Waals surface area contributed by atoms with E-state index in [1.165, 1.54) is 5.56 Å². The van der Waals surface area contributed by atoms with Gasteiger partial charge in [0.1, 0.15) is 12.4 Å². The summed E-state index contributed by atoms with van der Waals surface area (Å²) >= 11 is 0. The van der Waals surface area contributed by atoms with E-state index in [1.54, 1.807) is 0 Å². The maximum Gasteiger partial charge on any atom is 0.270 e. The van der Waals surface area contributed by atoms with Crippen molar-refractivity contribution in [3.63, 3.8) is 0 Å². The van der Waals surface area contributed by atoms with Crippen molar-refractivity contribution in [2.75, 3.05) is 11.9 Å². The maximum atomic E-state index is 12.7. The second kappa shape index (κ2) is 11.0. The van der Waals surface area contributed by atoms with E-state index in [2.05, 4.69) is 58.0 Å². The van der Waals surface area contributed by atoms with Gasteiger partial charge < -0.3 is 9.84 Å². The van der Waals surface area contributed by atoms with Crippen molar-refractivity contribution >= 4 is 11.9 Å². The highest BCUT2D eigenvalue weighted by Gasteiger charge is 2.32. The number of nitrogens with zero attached hydrogens (tertiary/aromatic N) is 3. The fraction of sp³-hybridized carbons (Fsp3) is 0.481. The van der Waals surface area contributed by atoms with Gasteiger partial charge in [0.15, 0.2) is 0 Å². The zero-order valence-corrected chi connectivity index (χ0v) is 21.6. The molecule has 2 aromatic carbocycles. The zero-order chi connectivity index (χ0) is 25.6. The van der Waals surface area contributed by atoms with Gasteiger partial charge in [-0.1, -0.05) is 57.1 Å². The molecule has 0 aliphatic heterocycles. The molecule has 1 aromatic heterocycles. The molecule has 35 heavy (non-hydrogen) atoms. The van der Waals surface area contributed by atoms with E-state index in [-0.39, 0.29) is 23.9 Å². The summed E-state index contributed by atoms with van der Waals surface area (Å²) in [5.41, 5.74) is 3.84. The molecule has 1 heterocycles. The van der Waals surface area contributed by atoms with Crippen molar-refractivity contribution in [3.05, 3.63) is 64.2 Å². The molecule has 0 atom stereocenters. The molecular weight excluding hydrogens is 442 g/mol. The Morgan fingerprint density at radius 1 is 0.971 bits per heavy atom. The van der Waals surface area contributed by atoms with E-state index in [1.807, 2.05) is 45.9 Å². The Morgan fingerprint density at radius 3 is 2.11 bits per heavy atom. The van der Waals surface area contributed by atoms with Crippen LogP contribution < -0.4 is 10.1 Å². The Morgan fingerprint density at radius 2 is 1.60 bits per heavy atom. The van der Waals surface area contributed by atoms with Crippen LogP contribution in [-0.4, -0.2) is 43.8 Å². The normalized spacial score (nSPS) is 12.0. The number of anilines is 1. The second-order valence-corrected chi connectivity index (χ2v) is 9.21. The van der Waals surface area contributed by atoms with Crippen LogP contribution in [0.4, 0.5) is 5.95 Å². The fourth-order valence-electron chi connectivity index (χ4n) is 4.61. The number of benzene rings is 2. The first-order valence-corrected chi connectivity index (χ1v) is 12.3. The zero-order valence-electron chi connectivity index (χ0n) is 21.6. The number of nitrogens with one attached hydrogen (secondary N) is 2. The molecule has 0 spiro atoms. The number of carbonyl (C=O) groups excluding carboxylic acids is 1. The molecule has 0 radical (unpaired) electrons. The summed E-state index contributed by atoms with van der Waals surface area (Å²) in [6, 6.07) is 12.3. The minimum absolute atomic E-state index is 0.143. The summed E-state index contributed by atoms with van der Waals surface area (Å²) < 4.78 is 6.02. The van der Waals surface area contributed by atoms with E-state index in [4.69, 9.17) is 4.74 Å². The Balaban J connectivity index is 1.89. The Kier molecular flexibility index (Phi) is 8.27. The average molecular weight is 480 g/mol. The van der Waals surface area contributed by atoms with Gasteiger partial charge in [0.05, 0.1) is 5.60 Å². The highest BCUT2D eigenvalue weighted by atomic mass is 16.5. The lowest BCUT2D eigenvalue weighted by molar-refractivity contribution is -0.0115. The molecule has 0 saturated heterocycles. The SMILES string of the molecule is CCC(O)(CC)COc1ccc(C(CC)(CC)c2ccc(C(=O)Nc3nn[nH]n3)c(C)c2)cc1C. The predicted molar refractivity (Wildman–Crippen MR) is 137 cm³/mol. The summed E-state index contributed by atoms with van der Waals surface area (Å²) in [7, 11) is 0. The lowest BCUT2D eigenvalue weighted by Crippen LogP contribution is -2.34. The fourth-order valence-corrected chi connectivity index (χ4v) is 4.61. The standard InChI is InChI=1S/C27H37N5O3/c1-7-26(34,8-2)17-35-23-14-12-21(16-19(23)6)27(9-3,10-4)20-11-13-22(18(5)15-20)24(33)28-25-29-31-32-30-25/h11-16,34H,7-10,17H2,1-6H3,(H2,28,29,30,31,32,33). The lowest BCUT2D eigenvalue weighted by Gasteiger charge is -2.34. The number of amides is 1. The van der Waals surface area contributed by atoms with Gasteiger partial charge in [0, 0.05) is 11.0 Å². The topological polar surface area (TPSA) is 113 Å². The van der Waals surface area contributed by atoms with Crippen LogP contribution in [0, 0.1) is 13.8 Å². The van der Waals surface area contributed by atoms with E-state index >= 15 is 0 Å². The van der Waals surface area contributed by atoms with Gasteiger partial charge in [-0.25, -0.2) is 0 Å². The number of H-pyrrole nitrogens is 1. The van der Waals surface area contributed by atoms with Crippen molar-refractivity contribution in [1.82, 2.24) is 20.6 Å². The van der Waals surface area contributed by atoms with Crippen LogP contribution in [0.2, 0.25) is 0 Å². The molecule has 8 nitrogen and oxygen atoms in total. The number of aromatic amines is 1. The van der Waals surface area contributed by atoms with Gasteiger partial charge in [0.2, 0.25) is 0 Å². The Labute approximate surface area is 207 Å². The lowest BCUT2D eigenvalue weighted by atomic mass is 9.70. The first kappa shape index (κ1) is 26.3. The Bertz CT molecular complexity index is 1140. The number of aliphatic hydroxyl groups is 1. The highest BCUT2D eigenvalue weighted by molar-refractivity contribution is 6.04. The monoisotopic (exact) mass is 479 g/mol. The minimum atomic E-state index is -0.809. The second-order valence-electron chi connectivity index (χ2n) is 9.21. The van der Waals surface area contributed by atoms with Gasteiger partial charge in [0.25, 0.3) is 11.9 Å². The predicted octanol–water partition coefficient (Wildman–Crippen LogP) is 5.10. The third-order valence-corrected chi connectivity index (χ3v) is 7.34. The van der Waals surface area contributed by atoms with Crippen LogP contribution in [0.25, 0.3) is 0 Å². The van der Waals surface area contributed by atoms with E-state index in [0.29, 0.717) is 18.4 Å². The molecule has 1 amide bonds. The molecule has 3 aromatic rings. The molecule has 0 unspecified atom stereocenters. The summed E-state index contributed by atoms with van der Waals surface area (Å²) in [6.07, 6.45) is 3.11. The summed E-state index contributed by atoms with van der Waals surface area (Å²) in [5.74, 6) is 0.661. The van der Waals surface area contributed by atoms with Crippen LogP contribution in [0.5, 0.6) is 5.75 Å². The summed E-state index contributed by atoms with van der Waals surface area (Å²) in [6.45, 7) is 12.6. The van der Waals surface area contributed by atoms with Crippen LogP contribution in [0.1, 0.15) is 86.0 Å². The largest absolute Gasteiger partial charge is 0.490 e. The Hall–Kier alpha value is -3.26. The molecule has 0 aliphatic rings. The molecule has 0 fully saturated rings. The van der Waals surface area contributed by atoms with Crippen molar-refractivity contribution in [2.45, 2.75) is 78.2 Å². The average Bonchev–Trinajstić information content (AvgIpc) is 3.37. The molecular formula is C27H37N5O3. The number of tetrazole rings is 1. The van der Waals surface area contributed by atoms with E-state index in [0.717, 1.165) is 35.3 Å². The van der Waals surface area contributed by atoms with Gasteiger partial charge in [-0.05, 0) is 79.1 Å². The van der Waals surface area contributed by atoms with Crippen LogP contribution in [0.15, 0.2) is 36.4 Å². The molecule has 188 valence electrons. The summed E-state index contributed by atoms with van der Waals surface area (Å²) in [5, 5.41) is 26.6. The van der Waals surface area contributed by atoms with Crippen LogP contribution >= 0.6 is 0 Å². The first-order chi connectivity index (χ1) is 16.7. The number of aryl methyl sites for hydroxylation is 2. The number of rotatable bonds is 11. The third-order valence-electron chi connectivity index (χ3n) is 7.34. The summed E-state index contributed by atoms with van der Waals surface area (Å²) in [4.78, 5) is 12.7. The quantitative estimate of drug-likeness (QED) is 0.352. The maximum absolute atomic E-state index is 12.7. The van der Waals surface area contributed by atoms with Crippen molar-refractivity contribution in [3.8, 4) is 5.75 Å². The van der Waals surface area contributed by atoms with Crippen molar-refractivity contribution in [1.29, 1.82) is 0 Å². The van der Waals surface area contributed by atoms with Gasteiger partial charge in [-0.15, -0.1) is 5.10 Å². The van der Waals surface area contributed by atoms with Gasteiger partial charge in [-0.2, -0.15) is 5.21 Å². The molecule has 0 aliphatic carbocycles. The molecule has 0 saturated carbocycles. The molecule has 8 heteroatoms.